The third kappa shape index (κ3) is 3.63. The van der Waals surface area contributed by atoms with E-state index < -0.39 is 0 Å². The number of fused-ring (bicyclic) bond motifs is 1. The summed E-state index contributed by atoms with van der Waals surface area (Å²) in [5.41, 5.74) is 1.77. The van der Waals surface area contributed by atoms with Crippen LogP contribution in [0, 0.1) is 5.92 Å². The maximum Gasteiger partial charge on any atom is 0.0333 e. The summed E-state index contributed by atoms with van der Waals surface area (Å²) >= 11 is 1.93. The number of nitrogens with one attached hydrogen (secondary N) is 1. The molecule has 114 valence electrons. The van der Waals surface area contributed by atoms with Gasteiger partial charge in [0.25, 0.3) is 0 Å². The van der Waals surface area contributed by atoms with Crippen molar-refractivity contribution in [2.24, 2.45) is 5.92 Å². The van der Waals surface area contributed by atoms with E-state index in [0.717, 1.165) is 6.54 Å². The summed E-state index contributed by atoms with van der Waals surface area (Å²) < 4.78 is 0. The molecule has 20 heavy (non-hydrogen) atoms. The van der Waals surface area contributed by atoms with Gasteiger partial charge in [0.1, 0.15) is 0 Å². The molecule has 3 heteroatoms. The standard InChI is InChI=1S/C17H30N2S/c1-12(11-18-17(4,5)6)13(2)19-9-7-16-15(14(19)3)8-10-20-16/h8,10,12-14,18H,7,9,11H2,1-6H3. The van der Waals surface area contributed by atoms with Crippen LogP contribution in [0.25, 0.3) is 0 Å². The smallest absolute Gasteiger partial charge is 0.0333 e. The van der Waals surface area contributed by atoms with E-state index >= 15 is 0 Å². The van der Waals surface area contributed by atoms with Crippen molar-refractivity contribution in [3.63, 3.8) is 0 Å². The Morgan fingerprint density at radius 2 is 2.10 bits per heavy atom. The van der Waals surface area contributed by atoms with E-state index in [1.54, 1.807) is 10.4 Å². The van der Waals surface area contributed by atoms with Gasteiger partial charge < -0.3 is 5.32 Å². The van der Waals surface area contributed by atoms with Gasteiger partial charge in [-0.05, 0) is 70.5 Å². The minimum atomic E-state index is 0.210. The van der Waals surface area contributed by atoms with Gasteiger partial charge in [-0.25, -0.2) is 0 Å². The van der Waals surface area contributed by atoms with Crippen LogP contribution in [-0.4, -0.2) is 29.6 Å². The number of nitrogens with zero attached hydrogens (tertiary/aromatic N) is 1. The zero-order chi connectivity index (χ0) is 14.9. The summed E-state index contributed by atoms with van der Waals surface area (Å²) in [4.78, 5) is 4.28. The molecule has 1 aromatic rings. The molecule has 0 aromatic carbocycles. The summed E-state index contributed by atoms with van der Waals surface area (Å²) in [5.74, 6) is 0.664. The van der Waals surface area contributed by atoms with Gasteiger partial charge in [0.05, 0.1) is 0 Å². The van der Waals surface area contributed by atoms with Crippen LogP contribution < -0.4 is 5.32 Å². The van der Waals surface area contributed by atoms with E-state index in [0.29, 0.717) is 18.0 Å². The van der Waals surface area contributed by atoms with Crippen LogP contribution in [-0.2, 0) is 6.42 Å². The van der Waals surface area contributed by atoms with Gasteiger partial charge >= 0.3 is 0 Å². The molecule has 0 bridgehead atoms. The highest BCUT2D eigenvalue weighted by Gasteiger charge is 2.30. The van der Waals surface area contributed by atoms with Crippen molar-refractivity contribution in [3.8, 4) is 0 Å². The van der Waals surface area contributed by atoms with E-state index in [1.807, 2.05) is 11.3 Å². The molecule has 3 atom stereocenters. The lowest BCUT2D eigenvalue weighted by Gasteiger charge is -2.41. The molecule has 1 aromatic heterocycles. The summed E-state index contributed by atoms with van der Waals surface area (Å²) in [7, 11) is 0. The molecule has 1 N–H and O–H groups in total. The third-order valence-corrected chi connectivity index (χ3v) is 5.62. The molecule has 0 radical (unpaired) electrons. The van der Waals surface area contributed by atoms with Gasteiger partial charge in [0.2, 0.25) is 0 Å². The van der Waals surface area contributed by atoms with Crippen LogP contribution >= 0.6 is 11.3 Å². The van der Waals surface area contributed by atoms with Crippen LogP contribution in [0.3, 0.4) is 0 Å². The lowest BCUT2D eigenvalue weighted by atomic mass is 9.94. The molecule has 1 aliphatic rings. The number of hydrogen-bond acceptors (Lipinski definition) is 3. The maximum absolute atomic E-state index is 3.65. The van der Waals surface area contributed by atoms with Crippen molar-refractivity contribution in [2.45, 2.75) is 65.6 Å². The Morgan fingerprint density at radius 1 is 1.40 bits per heavy atom. The molecule has 2 heterocycles. The Bertz CT molecular complexity index is 432. The van der Waals surface area contributed by atoms with Crippen molar-refractivity contribution in [2.75, 3.05) is 13.1 Å². The molecule has 2 nitrogen and oxygen atoms in total. The predicted octanol–water partition coefficient (Wildman–Crippen LogP) is 4.08. The first-order valence-corrected chi connectivity index (χ1v) is 8.74. The molecule has 2 rings (SSSR count). The zero-order valence-electron chi connectivity index (χ0n) is 13.9. The topological polar surface area (TPSA) is 15.3 Å². The van der Waals surface area contributed by atoms with Crippen LogP contribution in [0.5, 0.6) is 0 Å². The summed E-state index contributed by atoms with van der Waals surface area (Å²) in [6.45, 7) is 16.1. The number of thiophene rings is 1. The van der Waals surface area contributed by atoms with Gasteiger partial charge in [0, 0.05) is 29.0 Å². The molecular formula is C17H30N2S. The fraction of sp³-hybridized carbons (Fsp3) is 0.765. The second-order valence-electron chi connectivity index (χ2n) is 7.31. The Balaban J connectivity index is 1.98. The van der Waals surface area contributed by atoms with Crippen LogP contribution in [0.4, 0.5) is 0 Å². The minimum absolute atomic E-state index is 0.210. The van der Waals surface area contributed by atoms with Gasteiger partial charge in [0.15, 0.2) is 0 Å². The Hall–Kier alpha value is -0.380. The lowest BCUT2D eigenvalue weighted by Crippen LogP contribution is -2.47. The summed E-state index contributed by atoms with van der Waals surface area (Å²) in [6.07, 6.45) is 1.22. The third-order valence-electron chi connectivity index (χ3n) is 4.63. The highest BCUT2D eigenvalue weighted by molar-refractivity contribution is 7.10. The average Bonchev–Trinajstić information content (AvgIpc) is 2.84. The first-order valence-electron chi connectivity index (χ1n) is 7.86. The number of rotatable bonds is 4. The SMILES string of the molecule is CC(CNC(C)(C)C)C(C)N1CCc2sccc2C1C. The number of hydrogen-bond donors (Lipinski definition) is 1. The van der Waals surface area contributed by atoms with Gasteiger partial charge in [-0.2, -0.15) is 0 Å². The highest BCUT2D eigenvalue weighted by Crippen LogP contribution is 2.35. The van der Waals surface area contributed by atoms with E-state index in [1.165, 1.54) is 13.0 Å². The fourth-order valence-corrected chi connectivity index (χ4v) is 4.01. The Kier molecular flexibility index (Phi) is 4.93. The second-order valence-corrected chi connectivity index (χ2v) is 8.31. The van der Waals surface area contributed by atoms with Crippen molar-refractivity contribution >= 4 is 11.3 Å². The van der Waals surface area contributed by atoms with Gasteiger partial charge in [-0.1, -0.05) is 6.92 Å². The van der Waals surface area contributed by atoms with Crippen molar-refractivity contribution in [3.05, 3.63) is 21.9 Å². The van der Waals surface area contributed by atoms with Gasteiger partial charge in [-0.3, -0.25) is 4.90 Å². The lowest BCUT2D eigenvalue weighted by molar-refractivity contribution is 0.105. The molecule has 0 aliphatic carbocycles. The van der Waals surface area contributed by atoms with E-state index in [4.69, 9.17) is 0 Å². The summed E-state index contributed by atoms with van der Waals surface area (Å²) in [5, 5.41) is 5.90. The molecule has 3 unspecified atom stereocenters. The van der Waals surface area contributed by atoms with Crippen LogP contribution in [0.2, 0.25) is 0 Å². The molecular weight excluding hydrogens is 264 g/mol. The normalized spacial score (nSPS) is 23.4. The van der Waals surface area contributed by atoms with E-state index in [9.17, 15) is 0 Å². The van der Waals surface area contributed by atoms with Crippen molar-refractivity contribution in [1.29, 1.82) is 0 Å². The largest absolute Gasteiger partial charge is 0.312 e. The zero-order valence-corrected chi connectivity index (χ0v) is 14.7. The molecule has 0 saturated heterocycles. The summed E-state index contributed by atoms with van der Waals surface area (Å²) in [6, 6.07) is 3.51. The molecule has 0 saturated carbocycles. The maximum atomic E-state index is 3.65. The van der Waals surface area contributed by atoms with Crippen LogP contribution in [0.15, 0.2) is 11.4 Å². The second kappa shape index (κ2) is 6.17. The Labute approximate surface area is 128 Å². The first-order chi connectivity index (χ1) is 9.29. The molecule has 0 spiro atoms. The first kappa shape index (κ1) is 16.0. The Morgan fingerprint density at radius 3 is 2.75 bits per heavy atom. The fourth-order valence-electron chi connectivity index (χ4n) is 3.05. The highest BCUT2D eigenvalue weighted by atomic mass is 32.1. The quantitative estimate of drug-likeness (QED) is 0.900. The van der Waals surface area contributed by atoms with E-state index in [-0.39, 0.29) is 5.54 Å². The van der Waals surface area contributed by atoms with Crippen LogP contribution in [0.1, 0.15) is 58.0 Å². The van der Waals surface area contributed by atoms with E-state index in [2.05, 4.69) is 63.2 Å². The minimum Gasteiger partial charge on any atom is -0.312 e. The molecule has 0 amide bonds. The van der Waals surface area contributed by atoms with Gasteiger partial charge in [-0.15, -0.1) is 11.3 Å². The molecule has 1 aliphatic heterocycles. The monoisotopic (exact) mass is 294 g/mol. The average molecular weight is 295 g/mol. The van der Waals surface area contributed by atoms with Crippen molar-refractivity contribution in [1.82, 2.24) is 10.2 Å². The molecule has 0 fully saturated rings. The van der Waals surface area contributed by atoms with Crippen molar-refractivity contribution < 1.29 is 0 Å². The predicted molar refractivity (Wildman–Crippen MR) is 89.5 cm³/mol.